The molecule has 0 aliphatic carbocycles. The van der Waals surface area contributed by atoms with E-state index < -0.39 is 5.60 Å². The summed E-state index contributed by atoms with van der Waals surface area (Å²) in [6, 6.07) is 35.0. The van der Waals surface area contributed by atoms with Crippen LogP contribution in [-0.4, -0.2) is 12.5 Å². The van der Waals surface area contributed by atoms with Crippen LogP contribution in [0.1, 0.15) is 116 Å². The Morgan fingerprint density at radius 2 is 1.36 bits per heavy atom. The summed E-state index contributed by atoms with van der Waals surface area (Å²) in [4.78, 5) is 16.0. The molecule has 5 nitrogen and oxygen atoms in total. The first kappa shape index (κ1) is 36.6. The molecule has 6 heteroatoms. The summed E-state index contributed by atoms with van der Waals surface area (Å²) < 4.78 is 13.4. The average Bonchev–Trinajstić information content (AvgIpc) is 3.47. The second-order valence-electron chi connectivity index (χ2n) is 14.6. The second kappa shape index (κ2) is 16.5. The first-order valence-corrected chi connectivity index (χ1v) is 20.0. The third kappa shape index (κ3) is 7.68. The van der Waals surface area contributed by atoms with Crippen molar-refractivity contribution in [3.05, 3.63) is 142 Å². The van der Waals surface area contributed by atoms with Crippen LogP contribution in [0, 0.1) is 6.92 Å². The van der Waals surface area contributed by atoms with Crippen LogP contribution in [0.5, 0.6) is 11.5 Å². The van der Waals surface area contributed by atoms with Crippen LogP contribution < -0.4 is 15.0 Å². The molecule has 0 amide bonds. The summed E-state index contributed by atoms with van der Waals surface area (Å²) >= 11 is 6.18. The summed E-state index contributed by atoms with van der Waals surface area (Å²) in [5.41, 5.74) is 8.26. The third-order valence-electron chi connectivity index (χ3n) is 10.8. The normalized spacial score (nSPS) is 15.4. The number of benzene rings is 5. The molecule has 2 aliphatic rings. The first-order valence-electron chi connectivity index (χ1n) is 19.6. The van der Waals surface area contributed by atoms with Crippen molar-refractivity contribution < 1.29 is 14.3 Å². The number of carbonyl (C=O) groups is 1. The standard InChI is InChI=1S/C47H51ClN2O3/c1-4-6-8-10-11-12-16-34-19-25-37(26-20-34)50(29-15-9-7-5-2)38-27-28-41-45(31-38)52-44-30-33(3)43(49-36-23-21-35(48)22-24-36)32-42(44)47(41)40-18-14-13-17-39(40)46(51)53-47/h13-14,17-28,30-32,49H,4-12,15-16,29H2,1-3H3. The SMILES string of the molecule is CCCCCCCCc1ccc(N(CCCCCC)c2ccc3c(c2)Oc2cc(C)c(Nc4ccc(Cl)cc4)cc2C32OC(=O)c3ccccc32)cc1. The zero-order valence-corrected chi connectivity index (χ0v) is 32.1. The van der Waals surface area contributed by atoms with Gasteiger partial charge in [0.1, 0.15) is 11.5 Å². The molecule has 1 N–H and O–H groups in total. The third-order valence-corrected chi connectivity index (χ3v) is 11.0. The molecule has 1 spiro atoms. The Labute approximate surface area is 320 Å². The highest BCUT2D eigenvalue weighted by Crippen LogP contribution is 2.57. The van der Waals surface area contributed by atoms with E-state index in [1.807, 2.05) is 54.6 Å². The van der Waals surface area contributed by atoms with E-state index in [4.69, 9.17) is 21.1 Å². The van der Waals surface area contributed by atoms with E-state index in [2.05, 4.69) is 79.5 Å². The average molecular weight is 727 g/mol. The maximum atomic E-state index is 13.6. The van der Waals surface area contributed by atoms with Gasteiger partial charge in [-0.2, -0.15) is 0 Å². The van der Waals surface area contributed by atoms with Gasteiger partial charge in [-0.25, -0.2) is 4.79 Å². The van der Waals surface area contributed by atoms with Crippen molar-refractivity contribution in [1.29, 1.82) is 0 Å². The fourth-order valence-corrected chi connectivity index (χ4v) is 7.98. The lowest BCUT2D eigenvalue weighted by molar-refractivity contribution is 0.0224. The number of hydrogen-bond donors (Lipinski definition) is 1. The van der Waals surface area contributed by atoms with Gasteiger partial charge in [-0.05, 0) is 104 Å². The largest absolute Gasteiger partial charge is 0.456 e. The molecule has 2 heterocycles. The quantitative estimate of drug-likeness (QED) is 0.0810. The van der Waals surface area contributed by atoms with Gasteiger partial charge in [0.2, 0.25) is 0 Å². The number of esters is 1. The fraction of sp³-hybridized carbons (Fsp3) is 0.340. The van der Waals surface area contributed by atoms with Crippen LogP contribution in [0.4, 0.5) is 22.7 Å². The molecule has 274 valence electrons. The van der Waals surface area contributed by atoms with E-state index in [-0.39, 0.29) is 5.97 Å². The number of rotatable bonds is 16. The molecule has 53 heavy (non-hydrogen) atoms. The number of carbonyl (C=O) groups excluding carboxylic acids is 1. The minimum atomic E-state index is -1.16. The minimum absolute atomic E-state index is 0.338. The van der Waals surface area contributed by atoms with Gasteiger partial charge in [0.15, 0.2) is 5.60 Å². The van der Waals surface area contributed by atoms with Gasteiger partial charge < -0.3 is 19.7 Å². The fourth-order valence-electron chi connectivity index (χ4n) is 7.86. The van der Waals surface area contributed by atoms with Gasteiger partial charge in [-0.3, -0.25) is 0 Å². The maximum Gasteiger partial charge on any atom is 0.340 e. The summed E-state index contributed by atoms with van der Waals surface area (Å²) in [6.45, 7) is 7.48. The lowest BCUT2D eigenvalue weighted by Crippen LogP contribution is -2.33. The van der Waals surface area contributed by atoms with Crippen LogP contribution in [0.3, 0.4) is 0 Å². The Bertz CT molecular complexity index is 2040. The van der Waals surface area contributed by atoms with Gasteiger partial charge in [-0.15, -0.1) is 0 Å². The lowest BCUT2D eigenvalue weighted by Gasteiger charge is -2.38. The smallest absolute Gasteiger partial charge is 0.340 e. The molecule has 5 aromatic carbocycles. The molecule has 2 aliphatic heterocycles. The molecule has 0 saturated heterocycles. The number of aryl methyl sites for hydroxylation is 2. The zero-order valence-electron chi connectivity index (χ0n) is 31.4. The van der Waals surface area contributed by atoms with Gasteiger partial charge in [0.05, 0.1) is 5.56 Å². The Hall–Kier alpha value is -4.74. The molecular formula is C47H51ClN2O3. The van der Waals surface area contributed by atoms with E-state index >= 15 is 0 Å². The van der Waals surface area contributed by atoms with Gasteiger partial charge in [0, 0.05) is 57.1 Å². The molecule has 1 atom stereocenters. The van der Waals surface area contributed by atoms with Crippen molar-refractivity contribution in [1.82, 2.24) is 0 Å². The van der Waals surface area contributed by atoms with Crippen molar-refractivity contribution in [2.45, 2.75) is 97.0 Å². The lowest BCUT2D eigenvalue weighted by atomic mass is 9.77. The van der Waals surface area contributed by atoms with Crippen molar-refractivity contribution in [2.75, 3.05) is 16.8 Å². The number of halogens is 1. The predicted octanol–water partition coefficient (Wildman–Crippen LogP) is 13.6. The molecule has 0 fully saturated rings. The number of ether oxygens (including phenoxy) is 2. The van der Waals surface area contributed by atoms with Gasteiger partial charge in [0.25, 0.3) is 0 Å². The summed E-state index contributed by atoms with van der Waals surface area (Å²) in [5.74, 6) is 1.03. The Kier molecular flexibility index (Phi) is 11.4. The van der Waals surface area contributed by atoms with Crippen molar-refractivity contribution in [3.8, 4) is 11.5 Å². The number of hydrogen-bond acceptors (Lipinski definition) is 5. The van der Waals surface area contributed by atoms with E-state index in [9.17, 15) is 4.79 Å². The van der Waals surface area contributed by atoms with E-state index in [0.29, 0.717) is 22.1 Å². The Balaban J connectivity index is 1.25. The highest BCUT2D eigenvalue weighted by Gasteiger charge is 2.53. The van der Waals surface area contributed by atoms with E-state index in [1.165, 1.54) is 69.0 Å². The minimum Gasteiger partial charge on any atom is -0.456 e. The van der Waals surface area contributed by atoms with Crippen LogP contribution in [0.2, 0.25) is 5.02 Å². The number of fused-ring (bicyclic) bond motifs is 6. The van der Waals surface area contributed by atoms with E-state index in [0.717, 1.165) is 58.7 Å². The van der Waals surface area contributed by atoms with E-state index in [1.54, 1.807) is 0 Å². The van der Waals surface area contributed by atoms with Gasteiger partial charge >= 0.3 is 5.97 Å². The number of unbranched alkanes of at least 4 members (excludes halogenated alkanes) is 8. The molecule has 0 radical (unpaired) electrons. The maximum absolute atomic E-state index is 13.6. The highest BCUT2D eigenvalue weighted by atomic mass is 35.5. The van der Waals surface area contributed by atoms with Crippen molar-refractivity contribution in [3.63, 3.8) is 0 Å². The molecule has 0 aromatic heterocycles. The Morgan fingerprint density at radius 3 is 2.13 bits per heavy atom. The van der Waals surface area contributed by atoms with Crippen LogP contribution in [0.25, 0.3) is 0 Å². The van der Waals surface area contributed by atoms with Crippen molar-refractivity contribution in [2.24, 2.45) is 0 Å². The second-order valence-corrected chi connectivity index (χ2v) is 15.0. The Morgan fingerprint density at radius 1 is 0.679 bits per heavy atom. The van der Waals surface area contributed by atoms with Crippen LogP contribution in [-0.2, 0) is 16.8 Å². The molecule has 1 unspecified atom stereocenters. The van der Waals surface area contributed by atoms with Crippen molar-refractivity contribution >= 4 is 40.3 Å². The molecule has 5 aromatic rings. The molecule has 0 bridgehead atoms. The van der Waals surface area contributed by atoms with Crippen LogP contribution in [0.15, 0.2) is 103 Å². The summed E-state index contributed by atoms with van der Waals surface area (Å²) in [6.07, 6.45) is 13.6. The van der Waals surface area contributed by atoms with Crippen LogP contribution >= 0.6 is 11.6 Å². The monoisotopic (exact) mass is 726 g/mol. The summed E-state index contributed by atoms with van der Waals surface area (Å²) in [5, 5.41) is 4.23. The summed E-state index contributed by atoms with van der Waals surface area (Å²) in [7, 11) is 0. The number of anilines is 4. The molecular weight excluding hydrogens is 676 g/mol. The molecule has 0 saturated carbocycles. The molecule has 7 rings (SSSR count). The van der Waals surface area contributed by atoms with Gasteiger partial charge in [-0.1, -0.05) is 107 Å². The first-order chi connectivity index (χ1) is 25.9. The predicted molar refractivity (Wildman–Crippen MR) is 219 cm³/mol. The zero-order chi connectivity index (χ0) is 36.8. The highest BCUT2D eigenvalue weighted by molar-refractivity contribution is 6.30. The topological polar surface area (TPSA) is 50.8 Å². The number of nitrogens with zero attached hydrogens (tertiary/aromatic N) is 1. The number of nitrogens with one attached hydrogen (secondary N) is 1.